The van der Waals surface area contributed by atoms with E-state index in [4.69, 9.17) is 0 Å². The molecule has 1 aromatic carbocycles. The van der Waals surface area contributed by atoms with E-state index in [0.29, 0.717) is 11.1 Å². The van der Waals surface area contributed by atoms with Gasteiger partial charge in [0.2, 0.25) is 0 Å². The molecule has 0 aliphatic heterocycles. The van der Waals surface area contributed by atoms with E-state index in [1.165, 1.54) is 19.9 Å². The van der Waals surface area contributed by atoms with Gasteiger partial charge in [0.05, 0.1) is 0 Å². The Labute approximate surface area is 121 Å². The second-order valence-corrected chi connectivity index (χ2v) is 6.40. The fourth-order valence-electron chi connectivity index (χ4n) is 1.63. The van der Waals surface area contributed by atoms with Crippen LogP contribution in [0, 0.1) is 19.8 Å². The third-order valence-electron chi connectivity index (χ3n) is 3.01. The molecule has 0 bridgehead atoms. The fourth-order valence-corrected chi connectivity index (χ4v) is 2.14. The minimum Gasteiger partial charge on any atom is -0.376 e. The molecule has 118 valence electrons. The predicted octanol–water partition coefficient (Wildman–Crippen LogP) is 3.37. The Hall–Kier alpha value is -1.57. The van der Waals surface area contributed by atoms with Crippen molar-refractivity contribution >= 4 is 15.9 Å². The van der Waals surface area contributed by atoms with Crippen LogP contribution in [0.3, 0.4) is 0 Å². The van der Waals surface area contributed by atoms with Crippen molar-refractivity contribution < 1.29 is 30.6 Å². The number of Topliss-reactive ketones (excluding diaryl/α,β-unsaturated/α-hetero) is 1. The second-order valence-electron chi connectivity index (χ2n) is 4.86. The van der Waals surface area contributed by atoms with E-state index in [9.17, 15) is 26.4 Å². The quantitative estimate of drug-likeness (QED) is 0.484. The van der Waals surface area contributed by atoms with Crippen molar-refractivity contribution in [1.82, 2.24) is 0 Å². The Morgan fingerprint density at radius 1 is 1.14 bits per heavy atom. The van der Waals surface area contributed by atoms with Crippen LogP contribution < -0.4 is 4.18 Å². The molecule has 0 fully saturated rings. The maximum absolute atomic E-state index is 12.3. The topological polar surface area (TPSA) is 60.4 Å². The molecule has 0 aliphatic carbocycles. The predicted molar refractivity (Wildman–Crippen MR) is 70.7 cm³/mol. The number of carbonyl (C=O) groups excluding carboxylic acids is 1. The van der Waals surface area contributed by atoms with Crippen LogP contribution in [-0.4, -0.2) is 19.7 Å². The number of hydrogen-bond donors (Lipinski definition) is 0. The number of alkyl halides is 3. The monoisotopic (exact) mass is 324 g/mol. The van der Waals surface area contributed by atoms with E-state index < -0.39 is 21.4 Å². The van der Waals surface area contributed by atoms with Crippen LogP contribution >= 0.6 is 0 Å². The number of halogens is 3. The summed E-state index contributed by atoms with van der Waals surface area (Å²) in [5.74, 6) is -0.903. The van der Waals surface area contributed by atoms with E-state index in [1.54, 1.807) is 13.8 Å². The highest BCUT2D eigenvalue weighted by Gasteiger charge is 2.48. The van der Waals surface area contributed by atoms with Crippen LogP contribution in [-0.2, 0) is 10.1 Å². The molecule has 4 nitrogen and oxygen atoms in total. The van der Waals surface area contributed by atoms with Gasteiger partial charge in [-0.2, -0.15) is 21.6 Å². The van der Waals surface area contributed by atoms with Crippen LogP contribution in [0.25, 0.3) is 0 Å². The summed E-state index contributed by atoms with van der Waals surface area (Å²) in [7, 11) is -5.72. The third-order valence-corrected chi connectivity index (χ3v) is 3.98. The number of carbonyl (C=O) groups is 1. The van der Waals surface area contributed by atoms with Crippen molar-refractivity contribution in [3.8, 4) is 5.75 Å². The molecular weight excluding hydrogens is 309 g/mol. The van der Waals surface area contributed by atoms with Gasteiger partial charge in [-0.05, 0) is 37.1 Å². The van der Waals surface area contributed by atoms with Crippen LogP contribution in [0.4, 0.5) is 13.2 Å². The number of benzene rings is 1. The molecule has 0 atom stereocenters. The minimum atomic E-state index is -5.72. The standard InChI is InChI=1S/C13H15F3O4S/c1-7(2)12(17)10-5-6-11(9(4)8(10)3)20-21(18,19)13(14,15)16/h5-7H,1-4H3. The van der Waals surface area contributed by atoms with Crippen molar-refractivity contribution in [3.05, 3.63) is 28.8 Å². The van der Waals surface area contributed by atoms with Gasteiger partial charge in [0.15, 0.2) is 5.78 Å². The highest BCUT2D eigenvalue weighted by molar-refractivity contribution is 7.88. The summed E-state index contributed by atoms with van der Waals surface area (Å²) in [6.45, 7) is 6.30. The Balaban J connectivity index is 3.27. The van der Waals surface area contributed by atoms with Gasteiger partial charge < -0.3 is 4.18 Å². The maximum atomic E-state index is 12.3. The first-order valence-electron chi connectivity index (χ1n) is 6.03. The molecule has 0 saturated heterocycles. The molecule has 0 unspecified atom stereocenters. The van der Waals surface area contributed by atoms with Crippen LogP contribution in [0.1, 0.15) is 35.3 Å². The summed E-state index contributed by atoms with van der Waals surface area (Å²) in [6, 6.07) is 2.33. The average Bonchev–Trinajstić information content (AvgIpc) is 2.32. The first-order chi connectivity index (χ1) is 9.38. The summed E-state index contributed by atoms with van der Waals surface area (Å²) >= 11 is 0. The molecule has 0 saturated carbocycles. The molecule has 1 aromatic rings. The fraction of sp³-hybridized carbons (Fsp3) is 0.462. The van der Waals surface area contributed by atoms with Crippen molar-refractivity contribution in [2.75, 3.05) is 0 Å². The largest absolute Gasteiger partial charge is 0.534 e. The Morgan fingerprint density at radius 2 is 1.67 bits per heavy atom. The van der Waals surface area contributed by atoms with Crippen LogP contribution in [0.15, 0.2) is 12.1 Å². The van der Waals surface area contributed by atoms with Crippen molar-refractivity contribution in [2.45, 2.75) is 33.2 Å². The molecule has 0 radical (unpaired) electrons. The molecule has 8 heteroatoms. The maximum Gasteiger partial charge on any atom is 0.534 e. The molecule has 0 spiro atoms. The Kier molecular flexibility index (Phi) is 4.72. The first kappa shape index (κ1) is 17.5. The Morgan fingerprint density at radius 3 is 2.10 bits per heavy atom. The Bertz CT molecular complexity index is 661. The minimum absolute atomic E-state index is 0.175. The highest BCUT2D eigenvalue weighted by Crippen LogP contribution is 2.31. The van der Waals surface area contributed by atoms with Gasteiger partial charge in [0.1, 0.15) is 5.75 Å². The van der Waals surface area contributed by atoms with E-state index >= 15 is 0 Å². The zero-order valence-corrected chi connectivity index (χ0v) is 12.7. The van der Waals surface area contributed by atoms with Gasteiger partial charge >= 0.3 is 15.6 Å². The summed E-state index contributed by atoms with van der Waals surface area (Å²) in [6.07, 6.45) is 0. The summed E-state index contributed by atoms with van der Waals surface area (Å²) in [4.78, 5) is 11.9. The number of hydrogen-bond acceptors (Lipinski definition) is 4. The molecular formula is C13H15F3O4S. The smallest absolute Gasteiger partial charge is 0.376 e. The van der Waals surface area contributed by atoms with E-state index in [1.807, 2.05) is 0 Å². The van der Waals surface area contributed by atoms with Gasteiger partial charge in [-0.25, -0.2) is 0 Å². The van der Waals surface area contributed by atoms with E-state index in [2.05, 4.69) is 4.18 Å². The molecule has 1 rings (SSSR count). The first-order valence-corrected chi connectivity index (χ1v) is 7.44. The summed E-state index contributed by atoms with van der Waals surface area (Å²) < 4.78 is 63.0. The molecule has 0 aromatic heterocycles. The lowest BCUT2D eigenvalue weighted by atomic mass is 9.94. The van der Waals surface area contributed by atoms with Gasteiger partial charge in [0.25, 0.3) is 0 Å². The van der Waals surface area contributed by atoms with E-state index in [-0.39, 0.29) is 17.3 Å². The number of ketones is 1. The van der Waals surface area contributed by atoms with Crippen molar-refractivity contribution in [3.63, 3.8) is 0 Å². The zero-order chi connectivity index (χ0) is 16.6. The molecule has 0 N–H and O–H groups in total. The lowest BCUT2D eigenvalue weighted by Crippen LogP contribution is -2.28. The van der Waals surface area contributed by atoms with Crippen molar-refractivity contribution in [1.29, 1.82) is 0 Å². The zero-order valence-electron chi connectivity index (χ0n) is 11.9. The lowest BCUT2D eigenvalue weighted by molar-refractivity contribution is -0.0500. The molecule has 21 heavy (non-hydrogen) atoms. The molecule has 0 heterocycles. The normalized spacial score (nSPS) is 12.6. The lowest BCUT2D eigenvalue weighted by Gasteiger charge is -2.15. The summed E-state index contributed by atoms with van der Waals surface area (Å²) in [5.41, 5.74) is -4.60. The average molecular weight is 324 g/mol. The van der Waals surface area contributed by atoms with Crippen LogP contribution in [0.5, 0.6) is 5.75 Å². The van der Waals surface area contributed by atoms with Gasteiger partial charge in [0, 0.05) is 11.5 Å². The van der Waals surface area contributed by atoms with Gasteiger partial charge in [-0.3, -0.25) is 4.79 Å². The second kappa shape index (κ2) is 5.67. The third kappa shape index (κ3) is 3.55. The van der Waals surface area contributed by atoms with Gasteiger partial charge in [-0.1, -0.05) is 13.8 Å². The van der Waals surface area contributed by atoms with E-state index in [0.717, 1.165) is 6.07 Å². The highest BCUT2D eigenvalue weighted by atomic mass is 32.2. The molecule has 0 aliphatic rings. The van der Waals surface area contributed by atoms with Crippen LogP contribution in [0.2, 0.25) is 0 Å². The van der Waals surface area contributed by atoms with Gasteiger partial charge in [-0.15, -0.1) is 0 Å². The summed E-state index contributed by atoms with van der Waals surface area (Å²) in [5, 5.41) is 0. The molecule has 0 amide bonds. The number of rotatable bonds is 4. The SMILES string of the molecule is Cc1c(OS(=O)(=O)C(F)(F)F)ccc(C(=O)C(C)C)c1C. The van der Waals surface area contributed by atoms with Crippen molar-refractivity contribution in [2.24, 2.45) is 5.92 Å².